The van der Waals surface area contributed by atoms with Crippen LogP contribution in [0, 0.1) is 0 Å². The second-order valence-corrected chi connectivity index (χ2v) is 10.2. The lowest BCUT2D eigenvalue weighted by atomic mass is 10.0. The lowest BCUT2D eigenvalue weighted by Crippen LogP contribution is -2.22. The molecule has 0 saturated heterocycles. The SMILES string of the molecule is CN(C)C(=O)c1cnc(-c2cncc(-c3ccnc4c3ccn4S(=O)(=O)c3ccccc3)c2)c(N)c1. The molecule has 0 bridgehead atoms. The van der Waals surface area contributed by atoms with Gasteiger partial charge in [0.1, 0.15) is 0 Å². The van der Waals surface area contributed by atoms with Gasteiger partial charge in [0.2, 0.25) is 0 Å². The number of anilines is 1. The van der Waals surface area contributed by atoms with Crippen molar-refractivity contribution in [3.63, 3.8) is 0 Å². The van der Waals surface area contributed by atoms with Gasteiger partial charge < -0.3 is 10.6 Å². The Morgan fingerprint density at radius 1 is 0.944 bits per heavy atom. The van der Waals surface area contributed by atoms with Gasteiger partial charge in [0.25, 0.3) is 15.9 Å². The number of pyridine rings is 3. The summed E-state index contributed by atoms with van der Waals surface area (Å²) >= 11 is 0. The predicted octanol–water partition coefficient (Wildman–Crippen LogP) is 3.68. The summed E-state index contributed by atoms with van der Waals surface area (Å²) in [5.41, 5.74) is 9.94. The first-order valence-corrected chi connectivity index (χ1v) is 12.4. The average molecular weight is 499 g/mol. The van der Waals surface area contributed by atoms with Crippen molar-refractivity contribution < 1.29 is 13.2 Å². The number of aromatic nitrogens is 4. The summed E-state index contributed by atoms with van der Waals surface area (Å²) in [6.45, 7) is 0. The summed E-state index contributed by atoms with van der Waals surface area (Å²) in [7, 11) is -0.494. The third-order valence-electron chi connectivity index (χ3n) is 5.75. The minimum absolute atomic E-state index is 0.177. The van der Waals surface area contributed by atoms with E-state index in [0.717, 1.165) is 11.1 Å². The quantitative estimate of drug-likeness (QED) is 0.392. The number of carbonyl (C=O) groups excluding carboxylic acids is 1. The number of fused-ring (bicyclic) bond motifs is 1. The summed E-state index contributed by atoms with van der Waals surface area (Å²) in [4.78, 5) is 27.0. The highest BCUT2D eigenvalue weighted by atomic mass is 32.2. The molecular weight excluding hydrogens is 476 g/mol. The fourth-order valence-electron chi connectivity index (χ4n) is 3.98. The van der Waals surface area contributed by atoms with Crippen LogP contribution in [0.15, 0.2) is 90.5 Å². The largest absolute Gasteiger partial charge is 0.397 e. The van der Waals surface area contributed by atoms with Crippen LogP contribution in [0.2, 0.25) is 0 Å². The molecule has 1 aromatic carbocycles. The monoisotopic (exact) mass is 498 g/mol. The molecular formula is C26H22N6O3S. The van der Waals surface area contributed by atoms with Gasteiger partial charge in [0.15, 0.2) is 5.65 Å². The topological polar surface area (TPSA) is 124 Å². The molecule has 36 heavy (non-hydrogen) atoms. The molecule has 2 N–H and O–H groups in total. The fourth-order valence-corrected chi connectivity index (χ4v) is 5.30. The zero-order valence-corrected chi connectivity index (χ0v) is 20.3. The summed E-state index contributed by atoms with van der Waals surface area (Å²) < 4.78 is 27.6. The molecule has 0 radical (unpaired) electrons. The first-order chi connectivity index (χ1) is 17.3. The van der Waals surface area contributed by atoms with Crippen molar-refractivity contribution in [2.45, 2.75) is 4.90 Å². The molecule has 0 aliphatic carbocycles. The second kappa shape index (κ2) is 8.90. The number of nitrogen functional groups attached to an aromatic ring is 1. The van der Waals surface area contributed by atoms with Crippen LogP contribution in [0.5, 0.6) is 0 Å². The van der Waals surface area contributed by atoms with Crippen LogP contribution < -0.4 is 5.73 Å². The molecule has 10 heteroatoms. The van der Waals surface area contributed by atoms with Crippen molar-refractivity contribution in [3.05, 3.63) is 91.1 Å². The van der Waals surface area contributed by atoms with Crippen LogP contribution in [0.25, 0.3) is 33.4 Å². The van der Waals surface area contributed by atoms with Crippen LogP contribution in [-0.2, 0) is 10.0 Å². The van der Waals surface area contributed by atoms with Crippen LogP contribution in [-0.4, -0.2) is 52.2 Å². The molecule has 0 saturated carbocycles. The third-order valence-corrected chi connectivity index (χ3v) is 7.43. The molecule has 0 aliphatic rings. The first-order valence-electron chi connectivity index (χ1n) is 11.0. The Kier molecular flexibility index (Phi) is 5.73. The Hall–Kier alpha value is -4.57. The van der Waals surface area contributed by atoms with Crippen molar-refractivity contribution in [1.82, 2.24) is 23.8 Å². The van der Waals surface area contributed by atoms with Gasteiger partial charge in [-0.1, -0.05) is 18.2 Å². The number of hydrogen-bond donors (Lipinski definition) is 1. The van der Waals surface area contributed by atoms with E-state index in [0.29, 0.717) is 33.5 Å². The van der Waals surface area contributed by atoms with E-state index in [2.05, 4.69) is 15.0 Å². The minimum Gasteiger partial charge on any atom is -0.397 e. The molecule has 0 fully saturated rings. The van der Waals surface area contributed by atoms with Gasteiger partial charge >= 0.3 is 0 Å². The second-order valence-electron chi connectivity index (χ2n) is 8.35. The molecule has 0 unspecified atom stereocenters. The van der Waals surface area contributed by atoms with Crippen molar-refractivity contribution in [1.29, 1.82) is 0 Å². The van der Waals surface area contributed by atoms with Crippen LogP contribution in [0.4, 0.5) is 5.69 Å². The molecule has 5 aromatic rings. The number of carbonyl (C=O) groups is 1. The van der Waals surface area contributed by atoms with Gasteiger partial charge in [0.05, 0.1) is 21.8 Å². The van der Waals surface area contributed by atoms with E-state index in [-0.39, 0.29) is 10.8 Å². The smallest absolute Gasteiger partial charge is 0.269 e. The number of nitrogens with two attached hydrogens (primary N) is 1. The highest BCUT2D eigenvalue weighted by Gasteiger charge is 2.21. The molecule has 180 valence electrons. The first kappa shape index (κ1) is 23.2. The molecule has 1 amide bonds. The van der Waals surface area contributed by atoms with Gasteiger partial charge in [-0.2, -0.15) is 0 Å². The standard InChI is InChI=1S/C26H22N6O3S/c1-31(2)26(33)19-13-23(27)24(30-16-19)18-12-17(14-28-15-18)21-8-10-29-25-22(21)9-11-32(25)36(34,35)20-6-4-3-5-7-20/h3-16H,27H2,1-2H3. The molecule has 0 atom stereocenters. The fraction of sp³-hybridized carbons (Fsp3) is 0.0769. The van der Waals surface area contributed by atoms with Gasteiger partial charge in [-0.05, 0) is 42.0 Å². The van der Waals surface area contributed by atoms with E-state index in [1.807, 2.05) is 6.07 Å². The maximum atomic E-state index is 13.2. The zero-order valence-electron chi connectivity index (χ0n) is 19.5. The van der Waals surface area contributed by atoms with Crippen LogP contribution in [0.3, 0.4) is 0 Å². The normalized spacial score (nSPS) is 11.5. The highest BCUT2D eigenvalue weighted by molar-refractivity contribution is 7.90. The summed E-state index contributed by atoms with van der Waals surface area (Å²) in [5.74, 6) is -0.193. The van der Waals surface area contributed by atoms with Crippen LogP contribution in [0.1, 0.15) is 10.4 Å². The summed E-state index contributed by atoms with van der Waals surface area (Å²) in [6.07, 6.45) is 7.87. The van der Waals surface area contributed by atoms with Gasteiger partial charge in [-0.3, -0.25) is 14.8 Å². The number of benzene rings is 1. The van der Waals surface area contributed by atoms with E-state index in [9.17, 15) is 13.2 Å². The maximum absolute atomic E-state index is 13.2. The number of amides is 1. The Morgan fingerprint density at radius 2 is 1.69 bits per heavy atom. The molecule has 5 rings (SSSR count). The number of nitrogens with zero attached hydrogens (tertiary/aromatic N) is 5. The van der Waals surface area contributed by atoms with E-state index >= 15 is 0 Å². The van der Waals surface area contributed by atoms with E-state index in [1.165, 1.54) is 21.3 Å². The Balaban J connectivity index is 1.58. The van der Waals surface area contributed by atoms with Gasteiger partial charge in [-0.15, -0.1) is 0 Å². The lowest BCUT2D eigenvalue weighted by Gasteiger charge is -2.12. The van der Waals surface area contributed by atoms with Crippen molar-refractivity contribution in [2.75, 3.05) is 19.8 Å². The van der Waals surface area contributed by atoms with Crippen molar-refractivity contribution in [2.24, 2.45) is 0 Å². The predicted molar refractivity (Wildman–Crippen MR) is 138 cm³/mol. The lowest BCUT2D eigenvalue weighted by molar-refractivity contribution is 0.0827. The van der Waals surface area contributed by atoms with E-state index in [4.69, 9.17) is 5.73 Å². The van der Waals surface area contributed by atoms with E-state index in [1.54, 1.807) is 81.2 Å². The van der Waals surface area contributed by atoms with Gasteiger partial charge in [-0.25, -0.2) is 17.4 Å². The van der Waals surface area contributed by atoms with E-state index < -0.39 is 10.0 Å². The van der Waals surface area contributed by atoms with Crippen LogP contribution >= 0.6 is 0 Å². The number of hydrogen-bond acceptors (Lipinski definition) is 7. The Labute approximate surface area is 207 Å². The van der Waals surface area contributed by atoms with Gasteiger partial charge in [0, 0.05) is 61.6 Å². The maximum Gasteiger partial charge on any atom is 0.269 e. The molecule has 4 aromatic heterocycles. The Bertz CT molecular complexity index is 1710. The Morgan fingerprint density at radius 3 is 2.42 bits per heavy atom. The molecule has 9 nitrogen and oxygen atoms in total. The number of rotatable bonds is 5. The highest BCUT2D eigenvalue weighted by Crippen LogP contribution is 2.33. The molecule has 0 spiro atoms. The molecule has 0 aliphatic heterocycles. The third kappa shape index (κ3) is 3.97. The average Bonchev–Trinajstić information content (AvgIpc) is 3.34. The summed E-state index contributed by atoms with van der Waals surface area (Å²) in [5, 5.41) is 0.656. The minimum atomic E-state index is -3.81. The summed E-state index contributed by atoms with van der Waals surface area (Å²) in [6, 6.07) is 15.2. The van der Waals surface area contributed by atoms with Crippen molar-refractivity contribution >= 4 is 32.7 Å². The molecule has 4 heterocycles. The van der Waals surface area contributed by atoms with Crippen molar-refractivity contribution in [3.8, 4) is 22.4 Å². The zero-order chi connectivity index (χ0) is 25.4.